The number of aromatic carboxylic acids is 1. The van der Waals surface area contributed by atoms with E-state index in [4.69, 9.17) is 5.11 Å². The van der Waals surface area contributed by atoms with Crippen molar-refractivity contribution < 1.29 is 14.7 Å². The third-order valence-electron chi connectivity index (χ3n) is 4.17. The summed E-state index contributed by atoms with van der Waals surface area (Å²) in [6.07, 6.45) is 8.89. The van der Waals surface area contributed by atoms with Crippen LogP contribution in [0.4, 0.5) is 0 Å². The Morgan fingerprint density at radius 3 is 2.57 bits per heavy atom. The summed E-state index contributed by atoms with van der Waals surface area (Å²) >= 11 is 0. The lowest BCUT2D eigenvalue weighted by Gasteiger charge is -2.24. The Bertz CT molecular complexity index is 493. The number of amides is 1. The van der Waals surface area contributed by atoms with Gasteiger partial charge in [0.25, 0.3) is 5.91 Å². The van der Waals surface area contributed by atoms with Gasteiger partial charge < -0.3 is 10.0 Å². The summed E-state index contributed by atoms with van der Waals surface area (Å²) in [4.78, 5) is 28.5. The van der Waals surface area contributed by atoms with Crippen LogP contribution in [-0.2, 0) is 0 Å². The van der Waals surface area contributed by atoms with Crippen LogP contribution in [0.1, 0.15) is 59.4 Å². The highest BCUT2D eigenvalue weighted by atomic mass is 16.4. The molecule has 0 radical (unpaired) electrons. The summed E-state index contributed by atoms with van der Waals surface area (Å²) in [6.45, 7) is 0.740. The Morgan fingerprint density at radius 1 is 1.29 bits per heavy atom. The fourth-order valence-electron chi connectivity index (χ4n) is 2.82. The van der Waals surface area contributed by atoms with Crippen molar-refractivity contribution in [3.63, 3.8) is 0 Å². The van der Waals surface area contributed by atoms with Gasteiger partial charge in [-0.3, -0.25) is 4.79 Å². The molecule has 0 unspecified atom stereocenters. The molecule has 114 valence electrons. The van der Waals surface area contributed by atoms with Crippen LogP contribution in [0.25, 0.3) is 0 Å². The zero-order valence-electron chi connectivity index (χ0n) is 12.4. The standard InChI is InChI=1S/C16H22N2O3/c1-18(10-9-12-5-3-2-4-6-12)15(19)13-7-8-14(16(20)21)17-11-13/h7-8,11-12H,2-6,9-10H2,1H3,(H,20,21). The molecule has 5 nitrogen and oxygen atoms in total. The van der Waals surface area contributed by atoms with E-state index >= 15 is 0 Å². The predicted molar refractivity (Wildman–Crippen MR) is 79.3 cm³/mol. The predicted octanol–water partition coefficient (Wildman–Crippen LogP) is 2.82. The fraction of sp³-hybridized carbons (Fsp3) is 0.562. The summed E-state index contributed by atoms with van der Waals surface area (Å²) in [6, 6.07) is 2.89. The van der Waals surface area contributed by atoms with Crippen molar-refractivity contribution in [1.29, 1.82) is 0 Å². The van der Waals surface area contributed by atoms with Crippen LogP contribution >= 0.6 is 0 Å². The molecule has 5 heteroatoms. The Balaban J connectivity index is 1.87. The molecule has 2 rings (SSSR count). The van der Waals surface area contributed by atoms with Gasteiger partial charge in [-0.2, -0.15) is 0 Å². The summed E-state index contributed by atoms with van der Waals surface area (Å²) in [5, 5.41) is 8.79. The van der Waals surface area contributed by atoms with Gasteiger partial charge in [-0.05, 0) is 24.5 Å². The molecule has 1 amide bonds. The normalized spacial score (nSPS) is 15.7. The van der Waals surface area contributed by atoms with Gasteiger partial charge in [0.1, 0.15) is 5.69 Å². The van der Waals surface area contributed by atoms with Crippen molar-refractivity contribution in [2.75, 3.05) is 13.6 Å². The number of rotatable bonds is 5. The number of carbonyl (C=O) groups excluding carboxylic acids is 1. The van der Waals surface area contributed by atoms with Crippen LogP contribution in [0.3, 0.4) is 0 Å². The number of pyridine rings is 1. The van der Waals surface area contributed by atoms with E-state index in [2.05, 4.69) is 4.98 Å². The third-order valence-corrected chi connectivity index (χ3v) is 4.17. The van der Waals surface area contributed by atoms with Gasteiger partial charge in [-0.15, -0.1) is 0 Å². The lowest BCUT2D eigenvalue weighted by molar-refractivity contribution is 0.0688. The van der Waals surface area contributed by atoms with Crippen molar-refractivity contribution in [3.8, 4) is 0 Å². The van der Waals surface area contributed by atoms with Gasteiger partial charge in [0.05, 0.1) is 5.56 Å². The van der Waals surface area contributed by atoms with Crippen molar-refractivity contribution in [3.05, 3.63) is 29.6 Å². The van der Waals surface area contributed by atoms with E-state index < -0.39 is 5.97 Å². The maximum Gasteiger partial charge on any atom is 0.354 e. The average Bonchev–Trinajstić information content (AvgIpc) is 2.53. The highest BCUT2D eigenvalue weighted by Crippen LogP contribution is 2.26. The first-order valence-corrected chi connectivity index (χ1v) is 7.52. The van der Waals surface area contributed by atoms with E-state index in [0.717, 1.165) is 18.9 Å². The van der Waals surface area contributed by atoms with E-state index in [9.17, 15) is 9.59 Å². The molecule has 21 heavy (non-hydrogen) atoms. The maximum atomic E-state index is 12.2. The topological polar surface area (TPSA) is 70.5 Å². The van der Waals surface area contributed by atoms with E-state index in [1.54, 1.807) is 11.9 Å². The molecule has 0 spiro atoms. The van der Waals surface area contributed by atoms with E-state index in [1.165, 1.54) is 50.4 Å². The molecule has 1 N–H and O–H groups in total. The highest BCUT2D eigenvalue weighted by Gasteiger charge is 2.17. The van der Waals surface area contributed by atoms with Crippen molar-refractivity contribution in [2.45, 2.75) is 38.5 Å². The molecule has 1 aromatic rings. The second-order valence-corrected chi connectivity index (χ2v) is 5.76. The van der Waals surface area contributed by atoms with Gasteiger partial charge >= 0.3 is 5.97 Å². The number of hydrogen-bond donors (Lipinski definition) is 1. The first-order valence-electron chi connectivity index (χ1n) is 7.52. The van der Waals surface area contributed by atoms with Crippen LogP contribution in [0.2, 0.25) is 0 Å². The number of carboxylic acids is 1. The fourth-order valence-corrected chi connectivity index (χ4v) is 2.82. The first kappa shape index (κ1) is 15.5. The summed E-state index contributed by atoms with van der Waals surface area (Å²) in [7, 11) is 1.79. The maximum absolute atomic E-state index is 12.2. The first-order chi connectivity index (χ1) is 10.1. The molecule has 1 aliphatic carbocycles. The van der Waals surface area contributed by atoms with Crippen LogP contribution in [0.5, 0.6) is 0 Å². The zero-order chi connectivity index (χ0) is 15.2. The van der Waals surface area contributed by atoms with E-state index in [1.807, 2.05) is 0 Å². The minimum atomic E-state index is -1.08. The second kappa shape index (κ2) is 7.20. The van der Waals surface area contributed by atoms with Gasteiger partial charge in [-0.1, -0.05) is 32.1 Å². The Hall–Kier alpha value is -1.91. The smallest absolute Gasteiger partial charge is 0.354 e. The zero-order valence-corrected chi connectivity index (χ0v) is 12.4. The van der Waals surface area contributed by atoms with Crippen LogP contribution < -0.4 is 0 Å². The highest BCUT2D eigenvalue weighted by molar-refractivity contribution is 5.94. The molecule has 1 saturated carbocycles. The molecular weight excluding hydrogens is 268 g/mol. The van der Waals surface area contributed by atoms with E-state index in [-0.39, 0.29) is 11.6 Å². The van der Waals surface area contributed by atoms with Crippen LogP contribution in [0.15, 0.2) is 18.3 Å². The van der Waals surface area contributed by atoms with Gasteiger partial charge in [0, 0.05) is 19.8 Å². The Labute approximate surface area is 125 Å². The lowest BCUT2D eigenvalue weighted by Crippen LogP contribution is -2.29. The quantitative estimate of drug-likeness (QED) is 0.905. The molecule has 1 aliphatic rings. The third kappa shape index (κ3) is 4.28. The van der Waals surface area contributed by atoms with E-state index in [0.29, 0.717) is 5.56 Å². The van der Waals surface area contributed by atoms with Crippen molar-refractivity contribution in [1.82, 2.24) is 9.88 Å². The molecule has 1 fully saturated rings. The average molecular weight is 290 g/mol. The van der Waals surface area contributed by atoms with Gasteiger partial charge in [0.15, 0.2) is 0 Å². The number of aromatic nitrogens is 1. The molecule has 0 aliphatic heterocycles. The minimum Gasteiger partial charge on any atom is -0.477 e. The SMILES string of the molecule is CN(CCC1CCCCC1)C(=O)c1ccc(C(=O)O)nc1. The molecular formula is C16H22N2O3. The molecule has 1 heterocycles. The minimum absolute atomic E-state index is 0.0450. The summed E-state index contributed by atoms with van der Waals surface area (Å²) < 4.78 is 0. The van der Waals surface area contributed by atoms with Gasteiger partial charge in [-0.25, -0.2) is 9.78 Å². The molecule has 0 bridgehead atoms. The second-order valence-electron chi connectivity index (χ2n) is 5.76. The monoisotopic (exact) mass is 290 g/mol. The van der Waals surface area contributed by atoms with Crippen LogP contribution in [-0.4, -0.2) is 40.5 Å². The molecule has 0 aromatic carbocycles. The largest absolute Gasteiger partial charge is 0.477 e. The van der Waals surface area contributed by atoms with Crippen molar-refractivity contribution in [2.24, 2.45) is 5.92 Å². The summed E-state index contributed by atoms with van der Waals surface area (Å²) in [5.74, 6) is -0.448. The number of carbonyl (C=O) groups is 2. The number of hydrogen-bond acceptors (Lipinski definition) is 3. The Morgan fingerprint density at radius 2 is 2.00 bits per heavy atom. The lowest BCUT2D eigenvalue weighted by atomic mass is 9.87. The van der Waals surface area contributed by atoms with Crippen molar-refractivity contribution >= 4 is 11.9 Å². The molecule has 0 saturated heterocycles. The number of carboxylic acid groups (broad SMARTS) is 1. The van der Waals surface area contributed by atoms with Gasteiger partial charge in [0.2, 0.25) is 0 Å². The number of nitrogens with zero attached hydrogens (tertiary/aromatic N) is 2. The summed E-state index contributed by atoms with van der Waals surface area (Å²) in [5.41, 5.74) is 0.391. The Kier molecular flexibility index (Phi) is 5.31. The molecule has 0 atom stereocenters. The van der Waals surface area contributed by atoms with Crippen LogP contribution in [0, 0.1) is 5.92 Å². The molecule has 1 aromatic heterocycles.